The summed E-state index contributed by atoms with van der Waals surface area (Å²) in [5.41, 5.74) is 0. The van der Waals surface area contributed by atoms with Crippen molar-refractivity contribution in [2.45, 2.75) is 0 Å². The van der Waals surface area contributed by atoms with E-state index in [4.69, 9.17) is 14.6 Å². The van der Waals surface area contributed by atoms with Gasteiger partial charge in [0, 0.05) is 27.3 Å². The Morgan fingerprint density at radius 2 is 1.67 bits per heavy atom. The minimum atomic E-state index is -0.941. The molecule has 0 heterocycles. The standard InChI is InChI=1S/C7H15NO4/c1-11-5-3-8(7(9)10)4-6-12-2/h3-6H2,1-2H3,(H,9,10). The van der Waals surface area contributed by atoms with E-state index in [0.717, 1.165) is 0 Å². The molecule has 0 radical (unpaired) electrons. The highest BCUT2D eigenvalue weighted by Crippen LogP contribution is 1.89. The van der Waals surface area contributed by atoms with Crippen molar-refractivity contribution >= 4 is 6.09 Å². The third-order valence-corrected chi connectivity index (χ3v) is 1.40. The lowest BCUT2D eigenvalue weighted by Crippen LogP contribution is -2.35. The number of ether oxygens (including phenoxy) is 2. The Hall–Kier alpha value is -0.810. The van der Waals surface area contributed by atoms with Crippen molar-refractivity contribution in [1.29, 1.82) is 0 Å². The number of rotatable bonds is 6. The van der Waals surface area contributed by atoms with E-state index < -0.39 is 6.09 Å². The van der Waals surface area contributed by atoms with Crippen LogP contribution in [0.2, 0.25) is 0 Å². The van der Waals surface area contributed by atoms with Gasteiger partial charge in [0.15, 0.2) is 0 Å². The Kier molecular flexibility index (Phi) is 6.41. The van der Waals surface area contributed by atoms with Crippen LogP contribution in [0.4, 0.5) is 4.79 Å². The largest absolute Gasteiger partial charge is 0.465 e. The summed E-state index contributed by atoms with van der Waals surface area (Å²) in [5.74, 6) is 0. The van der Waals surface area contributed by atoms with Crippen molar-refractivity contribution in [3.8, 4) is 0 Å². The van der Waals surface area contributed by atoms with Crippen molar-refractivity contribution < 1.29 is 19.4 Å². The molecule has 0 aromatic rings. The minimum Gasteiger partial charge on any atom is -0.465 e. The van der Waals surface area contributed by atoms with Gasteiger partial charge < -0.3 is 19.5 Å². The van der Waals surface area contributed by atoms with Gasteiger partial charge in [-0.05, 0) is 0 Å². The smallest absolute Gasteiger partial charge is 0.407 e. The van der Waals surface area contributed by atoms with E-state index in [-0.39, 0.29) is 0 Å². The van der Waals surface area contributed by atoms with Crippen LogP contribution in [0.3, 0.4) is 0 Å². The number of methoxy groups -OCH3 is 2. The summed E-state index contributed by atoms with van der Waals surface area (Å²) >= 11 is 0. The third-order valence-electron chi connectivity index (χ3n) is 1.40. The molecule has 0 spiro atoms. The fourth-order valence-electron chi connectivity index (χ4n) is 0.706. The highest BCUT2D eigenvalue weighted by Gasteiger charge is 2.09. The number of nitrogens with zero attached hydrogens (tertiary/aromatic N) is 1. The average Bonchev–Trinajstić information content (AvgIpc) is 2.04. The monoisotopic (exact) mass is 177 g/mol. The summed E-state index contributed by atoms with van der Waals surface area (Å²) in [6.07, 6.45) is -0.941. The molecular weight excluding hydrogens is 162 g/mol. The van der Waals surface area contributed by atoms with Crippen LogP contribution in [0.1, 0.15) is 0 Å². The molecule has 0 saturated carbocycles. The highest BCUT2D eigenvalue weighted by atomic mass is 16.5. The molecule has 0 aliphatic carbocycles. The molecule has 5 nitrogen and oxygen atoms in total. The van der Waals surface area contributed by atoms with Gasteiger partial charge in [0.25, 0.3) is 0 Å². The average molecular weight is 177 g/mol. The van der Waals surface area contributed by atoms with Crippen molar-refractivity contribution in [3.05, 3.63) is 0 Å². The molecule has 5 heteroatoms. The van der Waals surface area contributed by atoms with Crippen LogP contribution >= 0.6 is 0 Å². The number of hydrogen-bond donors (Lipinski definition) is 1. The maximum atomic E-state index is 10.5. The van der Waals surface area contributed by atoms with Gasteiger partial charge in [-0.2, -0.15) is 0 Å². The van der Waals surface area contributed by atoms with Crippen LogP contribution in [0.15, 0.2) is 0 Å². The molecule has 1 amide bonds. The predicted molar refractivity (Wildman–Crippen MR) is 43.3 cm³/mol. The van der Waals surface area contributed by atoms with Crippen LogP contribution in [0.5, 0.6) is 0 Å². The van der Waals surface area contributed by atoms with E-state index in [9.17, 15) is 4.79 Å². The molecule has 12 heavy (non-hydrogen) atoms. The first-order valence-electron chi connectivity index (χ1n) is 3.68. The van der Waals surface area contributed by atoms with Crippen LogP contribution in [0.25, 0.3) is 0 Å². The SMILES string of the molecule is COCCN(CCOC)C(=O)O. The molecule has 0 saturated heterocycles. The first-order chi connectivity index (χ1) is 5.72. The van der Waals surface area contributed by atoms with E-state index in [2.05, 4.69) is 0 Å². The van der Waals surface area contributed by atoms with Crippen LogP contribution in [-0.2, 0) is 9.47 Å². The van der Waals surface area contributed by atoms with Gasteiger partial charge in [-0.3, -0.25) is 0 Å². The molecule has 0 fully saturated rings. The van der Waals surface area contributed by atoms with E-state index in [1.54, 1.807) is 0 Å². The zero-order valence-corrected chi connectivity index (χ0v) is 7.45. The first kappa shape index (κ1) is 11.2. The molecule has 0 aromatic carbocycles. The van der Waals surface area contributed by atoms with Crippen molar-refractivity contribution in [2.24, 2.45) is 0 Å². The summed E-state index contributed by atoms with van der Waals surface area (Å²) in [6.45, 7) is 1.59. The minimum absolute atomic E-state index is 0.384. The fraction of sp³-hybridized carbons (Fsp3) is 0.857. The summed E-state index contributed by atoms with van der Waals surface area (Å²) in [4.78, 5) is 11.8. The van der Waals surface area contributed by atoms with E-state index >= 15 is 0 Å². The summed E-state index contributed by atoms with van der Waals surface area (Å²) in [5, 5.41) is 8.64. The molecular formula is C7H15NO4. The summed E-state index contributed by atoms with van der Waals surface area (Å²) < 4.78 is 9.51. The quantitative estimate of drug-likeness (QED) is 0.632. The van der Waals surface area contributed by atoms with Crippen molar-refractivity contribution in [3.63, 3.8) is 0 Å². The Morgan fingerprint density at radius 1 is 1.25 bits per heavy atom. The Bertz CT molecular complexity index is 121. The second kappa shape index (κ2) is 6.87. The van der Waals surface area contributed by atoms with E-state index in [0.29, 0.717) is 26.3 Å². The summed E-state index contributed by atoms with van der Waals surface area (Å²) in [6, 6.07) is 0. The van der Waals surface area contributed by atoms with Crippen LogP contribution in [-0.4, -0.2) is 56.6 Å². The van der Waals surface area contributed by atoms with Crippen LogP contribution in [0, 0.1) is 0 Å². The second-order valence-corrected chi connectivity index (χ2v) is 2.26. The van der Waals surface area contributed by atoms with Crippen LogP contribution < -0.4 is 0 Å². The topological polar surface area (TPSA) is 59.0 Å². The van der Waals surface area contributed by atoms with Gasteiger partial charge in [-0.1, -0.05) is 0 Å². The Balaban J connectivity index is 3.62. The van der Waals surface area contributed by atoms with Gasteiger partial charge in [-0.15, -0.1) is 0 Å². The lowest BCUT2D eigenvalue weighted by molar-refractivity contribution is 0.0977. The zero-order valence-electron chi connectivity index (χ0n) is 7.45. The molecule has 0 rings (SSSR count). The van der Waals surface area contributed by atoms with Crippen molar-refractivity contribution in [1.82, 2.24) is 4.90 Å². The number of amides is 1. The van der Waals surface area contributed by atoms with Gasteiger partial charge in [-0.25, -0.2) is 4.79 Å². The first-order valence-corrected chi connectivity index (χ1v) is 3.68. The van der Waals surface area contributed by atoms with Gasteiger partial charge in [0.05, 0.1) is 13.2 Å². The Morgan fingerprint density at radius 3 is 1.92 bits per heavy atom. The number of carboxylic acid groups (broad SMARTS) is 1. The summed E-state index contributed by atoms with van der Waals surface area (Å²) in [7, 11) is 3.08. The molecule has 0 aromatic heterocycles. The molecule has 0 atom stereocenters. The van der Waals surface area contributed by atoms with E-state index in [1.807, 2.05) is 0 Å². The zero-order chi connectivity index (χ0) is 9.40. The maximum absolute atomic E-state index is 10.5. The normalized spacial score (nSPS) is 9.83. The number of hydrogen-bond acceptors (Lipinski definition) is 3. The lowest BCUT2D eigenvalue weighted by atomic mass is 10.5. The maximum Gasteiger partial charge on any atom is 0.407 e. The molecule has 1 N–H and O–H groups in total. The highest BCUT2D eigenvalue weighted by molar-refractivity contribution is 5.64. The van der Waals surface area contributed by atoms with Gasteiger partial charge >= 0.3 is 6.09 Å². The van der Waals surface area contributed by atoms with Crippen molar-refractivity contribution in [2.75, 3.05) is 40.5 Å². The molecule has 0 aliphatic heterocycles. The third kappa shape index (κ3) is 4.92. The van der Waals surface area contributed by atoms with Gasteiger partial charge in [0.1, 0.15) is 0 Å². The second-order valence-electron chi connectivity index (χ2n) is 2.26. The predicted octanol–water partition coefficient (Wildman–Crippen LogP) is 0.259. The fourth-order valence-corrected chi connectivity index (χ4v) is 0.706. The molecule has 0 unspecified atom stereocenters. The lowest BCUT2D eigenvalue weighted by Gasteiger charge is -2.17. The van der Waals surface area contributed by atoms with E-state index in [1.165, 1.54) is 19.1 Å². The van der Waals surface area contributed by atoms with Gasteiger partial charge in [0.2, 0.25) is 0 Å². The number of carbonyl (C=O) groups is 1. The Labute approximate surface area is 71.9 Å². The molecule has 0 bridgehead atoms. The molecule has 0 aliphatic rings. The molecule has 72 valence electrons.